The van der Waals surface area contributed by atoms with Crippen LogP contribution in [0.1, 0.15) is 16.7 Å². The van der Waals surface area contributed by atoms with Gasteiger partial charge >= 0.3 is 6.03 Å². The van der Waals surface area contributed by atoms with Gasteiger partial charge in [0.2, 0.25) is 0 Å². The first-order valence-corrected chi connectivity index (χ1v) is 9.18. The number of rotatable bonds is 7. The number of methoxy groups -OCH3 is 1. The molecule has 0 aliphatic carbocycles. The lowest BCUT2D eigenvalue weighted by Crippen LogP contribution is -2.36. The van der Waals surface area contributed by atoms with Crippen molar-refractivity contribution in [1.29, 1.82) is 0 Å². The maximum Gasteiger partial charge on any atom is 0.315 e. The summed E-state index contributed by atoms with van der Waals surface area (Å²) in [7, 11) is 1.67. The van der Waals surface area contributed by atoms with Crippen molar-refractivity contribution < 1.29 is 9.53 Å². The van der Waals surface area contributed by atoms with Crippen molar-refractivity contribution in [2.45, 2.75) is 19.6 Å². The van der Waals surface area contributed by atoms with Gasteiger partial charge in [-0.1, -0.05) is 42.5 Å². The molecule has 130 valence electrons. The van der Waals surface area contributed by atoms with E-state index in [0.717, 1.165) is 17.5 Å². The molecule has 0 bridgehead atoms. The number of fused-ring (bicyclic) bond motifs is 1. The second kappa shape index (κ2) is 8.65. The zero-order valence-electron chi connectivity index (χ0n) is 14.2. The van der Waals surface area contributed by atoms with Crippen molar-refractivity contribution in [1.82, 2.24) is 10.6 Å². The van der Waals surface area contributed by atoms with Gasteiger partial charge in [0.25, 0.3) is 0 Å². The number of urea groups is 1. The van der Waals surface area contributed by atoms with Crippen LogP contribution < -0.4 is 10.6 Å². The van der Waals surface area contributed by atoms with Crippen molar-refractivity contribution in [3.05, 3.63) is 70.6 Å². The Morgan fingerprint density at radius 3 is 2.60 bits per heavy atom. The van der Waals surface area contributed by atoms with E-state index in [-0.39, 0.29) is 6.03 Å². The average Bonchev–Trinajstić information content (AvgIpc) is 3.05. The molecule has 1 heterocycles. The number of carbonyl (C=O) groups excluding carboxylic acids is 1. The van der Waals surface area contributed by atoms with Gasteiger partial charge in [0.05, 0.1) is 6.61 Å². The van der Waals surface area contributed by atoms with Crippen molar-refractivity contribution in [2.75, 3.05) is 13.7 Å². The summed E-state index contributed by atoms with van der Waals surface area (Å²) in [6, 6.07) is 16.2. The summed E-state index contributed by atoms with van der Waals surface area (Å²) in [5.74, 6) is 0. The molecule has 3 rings (SSSR count). The monoisotopic (exact) mass is 354 g/mol. The molecule has 0 aliphatic heterocycles. The van der Waals surface area contributed by atoms with Crippen LogP contribution in [0.5, 0.6) is 0 Å². The van der Waals surface area contributed by atoms with Crippen molar-refractivity contribution in [3.63, 3.8) is 0 Å². The largest absolute Gasteiger partial charge is 0.380 e. The number of thiophene rings is 1. The maximum absolute atomic E-state index is 12.0. The van der Waals surface area contributed by atoms with E-state index in [1.807, 2.05) is 24.3 Å². The van der Waals surface area contributed by atoms with Gasteiger partial charge in [-0.05, 0) is 39.9 Å². The predicted octanol–water partition coefficient (Wildman–Crippen LogP) is 4.09. The van der Waals surface area contributed by atoms with Gasteiger partial charge in [0.15, 0.2) is 0 Å². The van der Waals surface area contributed by atoms with Gasteiger partial charge in [-0.15, -0.1) is 11.3 Å². The minimum absolute atomic E-state index is 0.147. The smallest absolute Gasteiger partial charge is 0.315 e. The van der Waals surface area contributed by atoms with Crippen molar-refractivity contribution in [3.8, 4) is 0 Å². The average molecular weight is 354 g/mol. The van der Waals surface area contributed by atoms with Crippen LogP contribution in [0.2, 0.25) is 0 Å². The summed E-state index contributed by atoms with van der Waals surface area (Å²) in [6.45, 7) is 1.66. The van der Waals surface area contributed by atoms with Crippen LogP contribution >= 0.6 is 11.3 Å². The van der Waals surface area contributed by atoms with Gasteiger partial charge in [-0.25, -0.2) is 4.79 Å². The lowest BCUT2D eigenvalue weighted by atomic mass is 10.1. The van der Waals surface area contributed by atoms with E-state index < -0.39 is 0 Å². The molecule has 25 heavy (non-hydrogen) atoms. The van der Waals surface area contributed by atoms with E-state index in [4.69, 9.17) is 4.74 Å². The van der Waals surface area contributed by atoms with Gasteiger partial charge in [0.1, 0.15) is 0 Å². The Hall–Kier alpha value is -2.37. The second-order valence-electron chi connectivity index (χ2n) is 5.82. The fourth-order valence-corrected chi connectivity index (χ4v) is 3.80. The Bertz CT molecular complexity index is 844. The topological polar surface area (TPSA) is 50.4 Å². The molecule has 0 saturated heterocycles. The molecule has 5 heteroatoms. The van der Waals surface area contributed by atoms with Crippen LogP contribution in [-0.2, 0) is 24.3 Å². The lowest BCUT2D eigenvalue weighted by Gasteiger charge is -2.11. The van der Waals surface area contributed by atoms with E-state index >= 15 is 0 Å². The summed E-state index contributed by atoms with van der Waals surface area (Å²) in [6.07, 6.45) is 0.831. The SMILES string of the molecule is COCc1ccccc1CNC(=O)NCCc1csc2ccccc12. The Labute approximate surface area is 151 Å². The van der Waals surface area contributed by atoms with Crippen LogP contribution in [0.25, 0.3) is 10.1 Å². The first kappa shape index (κ1) is 17.5. The van der Waals surface area contributed by atoms with Gasteiger partial charge in [0, 0.05) is 24.9 Å². The number of carbonyl (C=O) groups is 1. The first-order valence-electron chi connectivity index (χ1n) is 8.30. The van der Waals surface area contributed by atoms with Crippen LogP contribution in [0, 0.1) is 0 Å². The maximum atomic E-state index is 12.0. The minimum atomic E-state index is -0.147. The Kier molecular flexibility index (Phi) is 6.04. The summed E-state index contributed by atoms with van der Waals surface area (Å²) in [4.78, 5) is 12.0. The van der Waals surface area contributed by atoms with E-state index in [1.165, 1.54) is 15.6 Å². The van der Waals surface area contributed by atoms with E-state index in [1.54, 1.807) is 18.4 Å². The number of benzene rings is 2. The van der Waals surface area contributed by atoms with E-state index in [0.29, 0.717) is 19.7 Å². The molecule has 0 atom stereocenters. The predicted molar refractivity (Wildman–Crippen MR) is 103 cm³/mol. The highest BCUT2D eigenvalue weighted by atomic mass is 32.1. The minimum Gasteiger partial charge on any atom is -0.380 e. The van der Waals surface area contributed by atoms with Crippen LogP contribution in [-0.4, -0.2) is 19.7 Å². The molecular weight excluding hydrogens is 332 g/mol. The molecule has 4 nitrogen and oxygen atoms in total. The summed E-state index contributed by atoms with van der Waals surface area (Å²) >= 11 is 1.75. The van der Waals surface area contributed by atoms with E-state index in [9.17, 15) is 4.79 Å². The molecule has 2 amide bonds. The fraction of sp³-hybridized carbons (Fsp3) is 0.250. The molecule has 0 radical (unpaired) electrons. The van der Waals surface area contributed by atoms with Crippen LogP contribution in [0.4, 0.5) is 4.79 Å². The molecular formula is C20H22N2O2S. The van der Waals surface area contributed by atoms with Crippen molar-refractivity contribution >= 4 is 27.5 Å². The standard InChI is InChI=1S/C20H22N2O2S/c1-24-13-16-7-3-2-6-15(16)12-22-20(23)21-11-10-17-14-25-19-9-5-4-8-18(17)19/h2-9,14H,10-13H2,1H3,(H2,21,22,23). The summed E-state index contributed by atoms with van der Waals surface area (Å²) in [5, 5.41) is 9.30. The third kappa shape index (κ3) is 4.59. The lowest BCUT2D eigenvalue weighted by molar-refractivity contribution is 0.184. The van der Waals surface area contributed by atoms with Crippen molar-refractivity contribution in [2.24, 2.45) is 0 Å². The van der Waals surface area contributed by atoms with Gasteiger partial charge < -0.3 is 15.4 Å². The fourth-order valence-electron chi connectivity index (χ4n) is 2.80. The van der Waals surface area contributed by atoms with Crippen LogP contribution in [0.15, 0.2) is 53.9 Å². The normalized spacial score (nSPS) is 10.8. The highest BCUT2D eigenvalue weighted by Gasteiger charge is 2.06. The second-order valence-corrected chi connectivity index (χ2v) is 6.73. The molecule has 2 N–H and O–H groups in total. The molecule has 0 unspecified atom stereocenters. The van der Waals surface area contributed by atoms with E-state index in [2.05, 4.69) is 40.3 Å². The summed E-state index contributed by atoms with van der Waals surface area (Å²) in [5.41, 5.74) is 3.45. The molecule has 1 aromatic heterocycles. The third-order valence-corrected chi connectivity index (χ3v) is 5.11. The summed E-state index contributed by atoms with van der Waals surface area (Å²) < 4.78 is 6.48. The van der Waals surface area contributed by atoms with Gasteiger partial charge in [-0.2, -0.15) is 0 Å². The number of hydrogen-bond acceptors (Lipinski definition) is 3. The molecule has 0 spiro atoms. The molecule has 0 aliphatic rings. The molecule has 0 saturated carbocycles. The number of ether oxygens (including phenoxy) is 1. The highest BCUT2D eigenvalue weighted by molar-refractivity contribution is 7.17. The van der Waals surface area contributed by atoms with Crippen LogP contribution in [0.3, 0.4) is 0 Å². The zero-order chi connectivity index (χ0) is 17.5. The number of amides is 2. The molecule has 2 aromatic carbocycles. The molecule has 0 fully saturated rings. The first-order chi connectivity index (χ1) is 12.3. The highest BCUT2D eigenvalue weighted by Crippen LogP contribution is 2.25. The number of nitrogens with one attached hydrogen (secondary N) is 2. The Morgan fingerprint density at radius 1 is 1.00 bits per heavy atom. The quantitative estimate of drug-likeness (QED) is 0.671. The zero-order valence-corrected chi connectivity index (χ0v) is 15.1. The third-order valence-electron chi connectivity index (χ3n) is 4.10. The molecule has 3 aromatic rings. The Morgan fingerprint density at radius 2 is 1.76 bits per heavy atom. The Balaban J connectivity index is 1.47. The van der Waals surface area contributed by atoms with Gasteiger partial charge in [-0.3, -0.25) is 0 Å². The number of hydrogen-bond donors (Lipinski definition) is 2.